The van der Waals surface area contributed by atoms with Crippen LogP contribution in [0.2, 0.25) is 0 Å². The van der Waals surface area contributed by atoms with Crippen molar-refractivity contribution in [2.45, 2.75) is 67.8 Å². The van der Waals surface area contributed by atoms with Crippen molar-refractivity contribution in [3.63, 3.8) is 0 Å². The lowest BCUT2D eigenvalue weighted by Gasteiger charge is -2.48. The van der Waals surface area contributed by atoms with Crippen molar-refractivity contribution < 1.29 is 55.1 Å². The van der Waals surface area contributed by atoms with Crippen molar-refractivity contribution in [2.24, 2.45) is 0 Å². The summed E-state index contributed by atoms with van der Waals surface area (Å²) in [7, 11) is 0. The molecule has 142 valence electrons. The summed E-state index contributed by atoms with van der Waals surface area (Å²) in [5.74, 6) is -2.16. The Kier molecular flexibility index (Phi) is 6.16. The fourth-order valence-corrected chi connectivity index (χ4v) is 2.84. The topological polar surface area (TPSA) is 190 Å². The zero-order valence-corrected chi connectivity index (χ0v) is 12.9. The fraction of sp³-hybridized carbons (Fsp3) is 1.00. The summed E-state index contributed by atoms with van der Waals surface area (Å²) in [5, 5.41) is 77.8. The van der Waals surface area contributed by atoms with E-state index in [1.165, 1.54) is 0 Å². The maximum Gasteiger partial charge on any atom is 0.192 e. The predicted molar refractivity (Wildman–Crippen MR) is 73.2 cm³/mol. The molecule has 10 atom stereocenters. The Bertz CT molecular complexity index is 417. The molecule has 0 unspecified atom stereocenters. The molecule has 24 heavy (non-hydrogen) atoms. The van der Waals surface area contributed by atoms with Gasteiger partial charge in [-0.1, -0.05) is 0 Å². The lowest BCUT2D eigenvalue weighted by atomic mass is 9.93. The number of ether oxygens (including phenoxy) is 3. The van der Waals surface area contributed by atoms with Crippen LogP contribution >= 0.6 is 0 Å². The normalized spacial score (nSPS) is 53.1. The molecule has 0 amide bonds. The summed E-state index contributed by atoms with van der Waals surface area (Å²) in [6.45, 7) is -0.235. The fourth-order valence-electron chi connectivity index (χ4n) is 2.84. The van der Waals surface area contributed by atoms with E-state index in [1.54, 1.807) is 0 Å². The van der Waals surface area contributed by atoms with Gasteiger partial charge in [0.15, 0.2) is 12.1 Å². The van der Waals surface area contributed by atoms with Gasteiger partial charge in [0, 0.05) is 0 Å². The third-order valence-electron chi connectivity index (χ3n) is 4.27. The van der Waals surface area contributed by atoms with E-state index >= 15 is 0 Å². The highest BCUT2D eigenvalue weighted by molar-refractivity contribution is 4.97. The van der Waals surface area contributed by atoms with Crippen LogP contribution in [0, 0.1) is 0 Å². The molecule has 2 saturated heterocycles. The van der Waals surface area contributed by atoms with E-state index in [2.05, 4.69) is 0 Å². The molecule has 0 aromatic rings. The van der Waals surface area contributed by atoms with Crippen LogP contribution in [-0.2, 0) is 14.2 Å². The largest absolute Gasteiger partial charge is 0.394 e. The molecule has 2 aliphatic rings. The first-order chi connectivity index (χ1) is 11.1. The maximum atomic E-state index is 10.3. The van der Waals surface area contributed by atoms with Gasteiger partial charge in [-0.3, -0.25) is 0 Å². The molecule has 2 rings (SSSR count). The highest BCUT2D eigenvalue weighted by Gasteiger charge is 2.54. The van der Waals surface area contributed by atoms with Gasteiger partial charge in [-0.25, -0.2) is 0 Å². The second-order valence-corrected chi connectivity index (χ2v) is 6.13. The first-order valence-electron chi connectivity index (χ1n) is 7.47. The summed E-state index contributed by atoms with van der Waals surface area (Å²) in [6, 6.07) is 0. The summed E-state index contributed by atoms with van der Waals surface area (Å²) >= 11 is 0. The molecule has 0 saturated carbocycles. The van der Waals surface area contributed by atoms with E-state index in [9.17, 15) is 30.6 Å². The third-order valence-corrected chi connectivity index (χ3v) is 4.27. The molecule has 0 radical (unpaired) electrons. The number of aliphatic hydroxyl groups is 8. The summed E-state index contributed by atoms with van der Waals surface area (Å²) in [4.78, 5) is 0. The molecule has 8 N–H and O–H groups in total. The van der Waals surface area contributed by atoms with E-state index in [0.29, 0.717) is 0 Å². The van der Waals surface area contributed by atoms with Crippen molar-refractivity contribution in [2.75, 3.05) is 13.2 Å². The smallest absolute Gasteiger partial charge is 0.192 e. The van der Waals surface area contributed by atoms with Gasteiger partial charge < -0.3 is 55.1 Å². The zero-order chi connectivity index (χ0) is 18.2. The van der Waals surface area contributed by atoms with E-state index in [1.807, 2.05) is 0 Å². The molecule has 2 fully saturated rings. The summed E-state index contributed by atoms with van der Waals surface area (Å²) in [6.07, 6.45) is -14.1. The first-order valence-corrected chi connectivity index (χ1v) is 7.47. The third kappa shape index (κ3) is 3.57. The maximum absolute atomic E-state index is 10.3. The summed E-state index contributed by atoms with van der Waals surface area (Å²) in [5.41, 5.74) is 0. The van der Waals surface area contributed by atoms with Crippen molar-refractivity contribution in [1.82, 2.24) is 0 Å². The van der Waals surface area contributed by atoms with Crippen LogP contribution in [0.4, 0.5) is 0 Å². The van der Waals surface area contributed by atoms with Crippen LogP contribution in [-0.4, -0.2) is 115 Å². The van der Waals surface area contributed by atoms with Crippen LogP contribution in [0.15, 0.2) is 0 Å². The Hall–Kier alpha value is -0.440. The molecule has 0 spiro atoms. The molecular weight excluding hydrogens is 332 g/mol. The van der Waals surface area contributed by atoms with Crippen LogP contribution in [0.5, 0.6) is 0 Å². The Morgan fingerprint density at radius 1 is 0.833 bits per heavy atom. The average Bonchev–Trinajstić information content (AvgIpc) is 2.54. The van der Waals surface area contributed by atoms with Crippen molar-refractivity contribution in [3.8, 4) is 0 Å². The minimum absolute atomic E-state index is 0.666. The first kappa shape index (κ1) is 19.9. The molecule has 11 heteroatoms. The second-order valence-electron chi connectivity index (χ2n) is 6.13. The molecule has 2 aliphatic heterocycles. The Labute approximate surface area is 137 Å². The van der Waals surface area contributed by atoms with Gasteiger partial charge in [-0.15, -0.1) is 0 Å². The minimum atomic E-state index is -2.16. The van der Waals surface area contributed by atoms with Crippen LogP contribution in [0.1, 0.15) is 6.92 Å². The van der Waals surface area contributed by atoms with E-state index in [-0.39, 0.29) is 0 Å². The van der Waals surface area contributed by atoms with Gasteiger partial charge in [-0.05, 0) is 6.92 Å². The predicted octanol–water partition coefficient (Wildman–Crippen LogP) is -5.01. The molecule has 0 aromatic heterocycles. The summed E-state index contributed by atoms with van der Waals surface area (Å²) < 4.78 is 15.5. The molecule has 2 heterocycles. The number of hydrogen-bond donors (Lipinski definition) is 8. The average molecular weight is 356 g/mol. The lowest BCUT2D eigenvalue weighted by Crippen LogP contribution is -2.67. The van der Waals surface area contributed by atoms with Gasteiger partial charge >= 0.3 is 0 Å². The minimum Gasteiger partial charge on any atom is -0.394 e. The highest BCUT2D eigenvalue weighted by atomic mass is 16.7. The highest BCUT2D eigenvalue weighted by Crippen LogP contribution is 2.33. The van der Waals surface area contributed by atoms with Crippen LogP contribution < -0.4 is 0 Å². The Morgan fingerprint density at radius 3 is 1.92 bits per heavy atom. The monoisotopic (exact) mass is 356 g/mol. The van der Waals surface area contributed by atoms with Crippen LogP contribution in [0.25, 0.3) is 0 Å². The van der Waals surface area contributed by atoms with Gasteiger partial charge in [0.05, 0.1) is 13.2 Å². The SMILES string of the molecule is C[C@@]1(O)O[C@H](CO)[C@@H](O)[C@H](O)[C@H]1O[C@@H]1O[C@H](CO)[C@@H](O)[C@H](O)[C@H]1O. The number of aliphatic hydroxyl groups excluding tert-OH is 7. The van der Waals surface area contributed by atoms with Crippen molar-refractivity contribution in [3.05, 3.63) is 0 Å². The van der Waals surface area contributed by atoms with Gasteiger partial charge in [0.25, 0.3) is 0 Å². The van der Waals surface area contributed by atoms with Crippen LogP contribution in [0.3, 0.4) is 0 Å². The van der Waals surface area contributed by atoms with E-state index < -0.39 is 74.1 Å². The Balaban J connectivity index is 2.16. The molecule has 11 nitrogen and oxygen atoms in total. The van der Waals surface area contributed by atoms with Gasteiger partial charge in [-0.2, -0.15) is 0 Å². The van der Waals surface area contributed by atoms with Gasteiger partial charge in [0.2, 0.25) is 0 Å². The number of rotatable bonds is 4. The van der Waals surface area contributed by atoms with E-state index in [0.717, 1.165) is 6.92 Å². The van der Waals surface area contributed by atoms with E-state index in [4.69, 9.17) is 24.4 Å². The Morgan fingerprint density at radius 2 is 1.38 bits per heavy atom. The molecule has 0 bridgehead atoms. The standard InChI is InChI=1S/C13H24O11/c1-13(21)11(9(19)7(17)5(3-15)24-13)23-12-10(20)8(18)6(16)4(2-14)22-12/h4-12,14-21H,2-3H2,1H3/t4-,5-,6-,7-,8+,9+,10-,11-,12+,13-/m1/s1. The van der Waals surface area contributed by atoms with Crippen molar-refractivity contribution >= 4 is 0 Å². The second kappa shape index (κ2) is 7.43. The molecule has 0 aromatic carbocycles. The molecule has 0 aliphatic carbocycles. The lowest BCUT2D eigenvalue weighted by molar-refractivity contribution is -0.391. The molecular formula is C13H24O11. The quantitative estimate of drug-likeness (QED) is 0.241. The number of hydrogen-bond acceptors (Lipinski definition) is 11. The van der Waals surface area contributed by atoms with Gasteiger partial charge in [0.1, 0.15) is 48.8 Å². The zero-order valence-electron chi connectivity index (χ0n) is 12.9. The van der Waals surface area contributed by atoms with Crippen molar-refractivity contribution in [1.29, 1.82) is 0 Å².